The molecular formula is C10H16N2O2. The molecular weight excluding hydrogens is 180 g/mol. The fourth-order valence-corrected chi connectivity index (χ4v) is 1.24. The van der Waals surface area contributed by atoms with Crippen LogP contribution in [-0.2, 0) is 22.7 Å². The second kappa shape index (κ2) is 5.02. The molecule has 0 aliphatic heterocycles. The van der Waals surface area contributed by atoms with Crippen LogP contribution in [0.5, 0.6) is 0 Å². The van der Waals surface area contributed by atoms with E-state index in [2.05, 4.69) is 9.97 Å². The number of rotatable bonds is 4. The Labute approximate surface area is 84.3 Å². The lowest BCUT2D eigenvalue weighted by Crippen LogP contribution is -2.06. The number of nitrogens with zero attached hydrogens (tertiary/aromatic N) is 2. The Balaban J connectivity index is 2.97. The van der Waals surface area contributed by atoms with Crippen molar-refractivity contribution < 1.29 is 9.47 Å². The van der Waals surface area contributed by atoms with Crippen LogP contribution in [0.2, 0.25) is 0 Å². The van der Waals surface area contributed by atoms with Gasteiger partial charge < -0.3 is 9.47 Å². The van der Waals surface area contributed by atoms with Gasteiger partial charge in [0.25, 0.3) is 0 Å². The highest BCUT2D eigenvalue weighted by Gasteiger charge is 2.07. The summed E-state index contributed by atoms with van der Waals surface area (Å²) >= 11 is 0. The lowest BCUT2D eigenvalue weighted by atomic mass is 10.2. The van der Waals surface area contributed by atoms with Gasteiger partial charge in [-0.1, -0.05) is 0 Å². The first-order valence-corrected chi connectivity index (χ1v) is 4.50. The fraction of sp³-hybridized carbons (Fsp3) is 0.600. The van der Waals surface area contributed by atoms with Crippen LogP contribution in [0.3, 0.4) is 0 Å². The Morgan fingerprint density at radius 2 is 1.21 bits per heavy atom. The number of hydrogen-bond acceptors (Lipinski definition) is 4. The van der Waals surface area contributed by atoms with Gasteiger partial charge in [0.1, 0.15) is 0 Å². The molecule has 0 radical (unpaired) electrons. The zero-order valence-corrected chi connectivity index (χ0v) is 9.13. The quantitative estimate of drug-likeness (QED) is 0.730. The van der Waals surface area contributed by atoms with E-state index in [0.29, 0.717) is 13.2 Å². The molecule has 4 nitrogen and oxygen atoms in total. The number of methoxy groups -OCH3 is 2. The van der Waals surface area contributed by atoms with E-state index < -0.39 is 0 Å². The Bertz CT molecular complexity index is 281. The molecule has 0 unspecified atom stereocenters. The number of aromatic nitrogens is 2. The SMILES string of the molecule is COCc1nc(C)c(COC)nc1C. The molecule has 0 amide bonds. The smallest absolute Gasteiger partial charge is 0.0902 e. The molecule has 0 saturated heterocycles. The average Bonchev–Trinajstić information content (AvgIpc) is 2.14. The van der Waals surface area contributed by atoms with Crippen molar-refractivity contribution in [3.05, 3.63) is 22.8 Å². The second-order valence-electron chi connectivity index (χ2n) is 3.15. The molecule has 1 heterocycles. The first-order valence-electron chi connectivity index (χ1n) is 4.50. The topological polar surface area (TPSA) is 44.2 Å². The van der Waals surface area contributed by atoms with Crippen molar-refractivity contribution in [1.82, 2.24) is 9.97 Å². The summed E-state index contributed by atoms with van der Waals surface area (Å²) in [6.07, 6.45) is 0. The average molecular weight is 196 g/mol. The minimum Gasteiger partial charge on any atom is -0.378 e. The maximum absolute atomic E-state index is 5.03. The molecule has 14 heavy (non-hydrogen) atoms. The highest BCUT2D eigenvalue weighted by molar-refractivity contribution is 5.17. The summed E-state index contributed by atoms with van der Waals surface area (Å²) in [6.45, 7) is 4.87. The van der Waals surface area contributed by atoms with Crippen LogP contribution in [0.1, 0.15) is 22.8 Å². The number of ether oxygens (including phenoxy) is 2. The molecule has 1 aromatic heterocycles. The summed E-state index contributed by atoms with van der Waals surface area (Å²) in [5, 5.41) is 0. The van der Waals surface area contributed by atoms with Gasteiger partial charge >= 0.3 is 0 Å². The molecule has 1 rings (SSSR count). The molecule has 0 saturated carbocycles. The fourth-order valence-electron chi connectivity index (χ4n) is 1.24. The first-order chi connectivity index (χ1) is 6.69. The van der Waals surface area contributed by atoms with E-state index in [1.807, 2.05) is 13.8 Å². The predicted octanol–water partition coefficient (Wildman–Crippen LogP) is 1.39. The van der Waals surface area contributed by atoms with Crippen LogP contribution in [0, 0.1) is 13.8 Å². The highest BCUT2D eigenvalue weighted by Crippen LogP contribution is 2.09. The lowest BCUT2D eigenvalue weighted by Gasteiger charge is -2.08. The summed E-state index contributed by atoms with van der Waals surface area (Å²) in [5.74, 6) is 0. The van der Waals surface area contributed by atoms with Crippen LogP contribution < -0.4 is 0 Å². The van der Waals surface area contributed by atoms with Gasteiger partial charge in [0.05, 0.1) is 36.0 Å². The Morgan fingerprint density at radius 3 is 1.50 bits per heavy atom. The summed E-state index contributed by atoms with van der Waals surface area (Å²) < 4.78 is 10.1. The summed E-state index contributed by atoms with van der Waals surface area (Å²) in [7, 11) is 3.30. The van der Waals surface area contributed by atoms with Crippen LogP contribution in [-0.4, -0.2) is 24.2 Å². The van der Waals surface area contributed by atoms with Crippen LogP contribution in [0.15, 0.2) is 0 Å². The Hall–Kier alpha value is -1.00. The third kappa shape index (κ3) is 2.49. The Morgan fingerprint density at radius 1 is 0.857 bits per heavy atom. The molecule has 4 heteroatoms. The van der Waals surface area contributed by atoms with Gasteiger partial charge in [0.2, 0.25) is 0 Å². The molecule has 0 fully saturated rings. The van der Waals surface area contributed by atoms with Gasteiger partial charge in [-0.25, -0.2) is 0 Å². The van der Waals surface area contributed by atoms with Crippen molar-refractivity contribution in [3.8, 4) is 0 Å². The van der Waals surface area contributed by atoms with E-state index >= 15 is 0 Å². The van der Waals surface area contributed by atoms with E-state index in [9.17, 15) is 0 Å². The monoisotopic (exact) mass is 196 g/mol. The molecule has 0 aromatic carbocycles. The number of aryl methyl sites for hydroxylation is 2. The third-order valence-electron chi connectivity index (χ3n) is 2.00. The van der Waals surface area contributed by atoms with Gasteiger partial charge in [0.15, 0.2) is 0 Å². The maximum Gasteiger partial charge on any atom is 0.0902 e. The second-order valence-corrected chi connectivity index (χ2v) is 3.15. The van der Waals surface area contributed by atoms with E-state index in [-0.39, 0.29) is 0 Å². The standard InChI is InChI=1S/C10H16N2O2/c1-7-9(5-13-3)12-8(2)10(11-7)6-14-4/h5-6H2,1-4H3. The van der Waals surface area contributed by atoms with Crippen molar-refractivity contribution in [2.75, 3.05) is 14.2 Å². The largest absolute Gasteiger partial charge is 0.378 e. The summed E-state index contributed by atoms with van der Waals surface area (Å²) in [6, 6.07) is 0. The maximum atomic E-state index is 5.03. The van der Waals surface area contributed by atoms with Gasteiger partial charge in [-0.05, 0) is 13.8 Å². The van der Waals surface area contributed by atoms with Crippen molar-refractivity contribution in [3.63, 3.8) is 0 Å². The predicted molar refractivity (Wildman–Crippen MR) is 52.9 cm³/mol. The molecule has 0 aliphatic carbocycles. The first kappa shape index (κ1) is 11.1. The van der Waals surface area contributed by atoms with Gasteiger partial charge in [-0.15, -0.1) is 0 Å². The van der Waals surface area contributed by atoms with Crippen LogP contribution >= 0.6 is 0 Å². The van der Waals surface area contributed by atoms with Gasteiger partial charge in [0, 0.05) is 14.2 Å². The summed E-state index contributed by atoms with van der Waals surface area (Å²) in [4.78, 5) is 8.83. The zero-order chi connectivity index (χ0) is 10.6. The molecule has 1 aromatic rings. The minimum atomic E-state index is 0.507. The molecule has 0 atom stereocenters. The van der Waals surface area contributed by atoms with Gasteiger partial charge in [-0.2, -0.15) is 0 Å². The van der Waals surface area contributed by atoms with E-state index in [1.165, 1.54) is 0 Å². The van der Waals surface area contributed by atoms with Crippen molar-refractivity contribution in [2.24, 2.45) is 0 Å². The molecule has 0 spiro atoms. The van der Waals surface area contributed by atoms with Crippen LogP contribution in [0.25, 0.3) is 0 Å². The Kier molecular flexibility index (Phi) is 3.98. The molecule has 0 aliphatic rings. The van der Waals surface area contributed by atoms with Crippen LogP contribution in [0.4, 0.5) is 0 Å². The lowest BCUT2D eigenvalue weighted by molar-refractivity contribution is 0.175. The minimum absolute atomic E-state index is 0.507. The molecule has 0 N–H and O–H groups in total. The van der Waals surface area contributed by atoms with Crippen molar-refractivity contribution >= 4 is 0 Å². The van der Waals surface area contributed by atoms with Crippen molar-refractivity contribution in [1.29, 1.82) is 0 Å². The number of hydrogen-bond donors (Lipinski definition) is 0. The van der Waals surface area contributed by atoms with E-state index in [4.69, 9.17) is 9.47 Å². The van der Waals surface area contributed by atoms with E-state index in [0.717, 1.165) is 22.8 Å². The third-order valence-corrected chi connectivity index (χ3v) is 2.00. The normalized spacial score (nSPS) is 10.6. The van der Waals surface area contributed by atoms with Gasteiger partial charge in [-0.3, -0.25) is 9.97 Å². The summed E-state index contributed by atoms with van der Waals surface area (Å²) in [5.41, 5.74) is 3.60. The molecule has 78 valence electrons. The highest BCUT2D eigenvalue weighted by atomic mass is 16.5. The zero-order valence-electron chi connectivity index (χ0n) is 9.13. The molecule has 0 bridgehead atoms. The van der Waals surface area contributed by atoms with Crippen molar-refractivity contribution in [2.45, 2.75) is 27.1 Å². The van der Waals surface area contributed by atoms with E-state index in [1.54, 1.807) is 14.2 Å².